The van der Waals surface area contributed by atoms with Gasteiger partial charge < -0.3 is 22.2 Å². The Bertz CT molecular complexity index is 315. The van der Waals surface area contributed by atoms with Crippen molar-refractivity contribution in [3.05, 3.63) is 0 Å². The maximum Gasteiger partial charge on any atom is 0.501 e. The molecule has 0 amide bonds. The maximum absolute atomic E-state index is 5.94. The fourth-order valence-electron chi connectivity index (χ4n) is 3.33. The van der Waals surface area contributed by atoms with Crippen LogP contribution in [0.5, 0.6) is 0 Å². The van der Waals surface area contributed by atoms with Gasteiger partial charge in [-0.3, -0.25) is 0 Å². The molecule has 0 fully saturated rings. The van der Waals surface area contributed by atoms with Crippen molar-refractivity contribution in [2.24, 2.45) is 0 Å². The monoisotopic (exact) mass is 409 g/mol. The summed E-state index contributed by atoms with van der Waals surface area (Å²) in [6.45, 7) is 25.1. The van der Waals surface area contributed by atoms with Gasteiger partial charge in [0.1, 0.15) is 16.5 Å². The molecule has 0 aliphatic carbocycles. The first-order valence-corrected chi connectivity index (χ1v) is 18.6. The quantitative estimate of drug-likeness (QED) is 0.296. The van der Waals surface area contributed by atoms with E-state index >= 15 is 0 Å². The molecule has 0 unspecified atom stereocenters. The van der Waals surface area contributed by atoms with Crippen LogP contribution in [0.3, 0.4) is 0 Å². The number of nitrogens with zero attached hydrogens (tertiary/aromatic N) is 1. The van der Waals surface area contributed by atoms with Gasteiger partial charge in [-0.15, -0.1) is 0 Å². The van der Waals surface area contributed by atoms with Gasteiger partial charge in [0.25, 0.3) is 0 Å². The van der Waals surface area contributed by atoms with Crippen LogP contribution in [0.1, 0.15) is 27.2 Å². The molecule has 0 aromatic rings. The SMILES string of the molecule is CCO[Si](CCCOCCN([Si](C)(C)C)[Si](C)(C)C)(OCC)OCC. The summed E-state index contributed by atoms with van der Waals surface area (Å²) in [5, 5.41) is 0. The van der Waals surface area contributed by atoms with Crippen molar-refractivity contribution in [2.75, 3.05) is 39.6 Å². The molecule has 0 rings (SSSR count). The zero-order chi connectivity index (χ0) is 19.6. The molecule has 0 saturated carbocycles. The van der Waals surface area contributed by atoms with Crippen LogP contribution in [0, 0.1) is 0 Å². The van der Waals surface area contributed by atoms with Crippen molar-refractivity contribution in [3.8, 4) is 0 Å². The summed E-state index contributed by atoms with van der Waals surface area (Å²) in [6, 6.07) is 0.828. The highest BCUT2D eigenvalue weighted by atomic mass is 28.4. The second-order valence-electron chi connectivity index (χ2n) is 8.19. The molecule has 0 saturated heterocycles. The van der Waals surface area contributed by atoms with E-state index in [9.17, 15) is 0 Å². The molecule has 0 aromatic carbocycles. The largest absolute Gasteiger partial charge is 0.501 e. The Hall–Kier alpha value is 0.451. The molecule has 0 heterocycles. The number of hydrogen-bond donors (Lipinski definition) is 0. The van der Waals surface area contributed by atoms with Crippen molar-refractivity contribution in [1.82, 2.24) is 4.23 Å². The third-order valence-corrected chi connectivity index (χ3v) is 14.8. The van der Waals surface area contributed by atoms with Gasteiger partial charge in [0, 0.05) is 39.0 Å². The third-order valence-electron chi connectivity index (χ3n) is 3.94. The van der Waals surface area contributed by atoms with E-state index in [-0.39, 0.29) is 0 Å². The number of rotatable bonds is 15. The fraction of sp³-hybridized carbons (Fsp3) is 1.00. The molecule has 0 aromatic heterocycles. The van der Waals surface area contributed by atoms with Gasteiger partial charge in [0.05, 0.1) is 6.61 Å². The van der Waals surface area contributed by atoms with Gasteiger partial charge in [-0.2, -0.15) is 0 Å². The average molecular weight is 410 g/mol. The third kappa shape index (κ3) is 10.4. The second-order valence-corrected chi connectivity index (χ2v) is 21.1. The minimum absolute atomic E-state index is 0.633. The summed E-state index contributed by atoms with van der Waals surface area (Å²) >= 11 is 0. The first-order valence-electron chi connectivity index (χ1n) is 9.79. The van der Waals surface area contributed by atoms with Crippen LogP contribution in [0.15, 0.2) is 0 Å². The van der Waals surface area contributed by atoms with Crippen LogP contribution >= 0.6 is 0 Å². The summed E-state index contributed by atoms with van der Waals surface area (Å²) in [6.07, 6.45) is 0.923. The van der Waals surface area contributed by atoms with Crippen LogP contribution < -0.4 is 0 Å². The summed E-state index contributed by atoms with van der Waals surface area (Å²) in [5.74, 6) is 0. The van der Waals surface area contributed by atoms with Gasteiger partial charge in [0.2, 0.25) is 0 Å². The molecule has 0 N–H and O–H groups in total. The van der Waals surface area contributed by atoms with E-state index in [1.165, 1.54) is 0 Å². The van der Waals surface area contributed by atoms with E-state index in [0.717, 1.165) is 32.2 Å². The van der Waals surface area contributed by atoms with Crippen LogP contribution in [0.2, 0.25) is 45.3 Å². The van der Waals surface area contributed by atoms with Gasteiger partial charge in [0.15, 0.2) is 0 Å². The highest BCUT2D eigenvalue weighted by Gasteiger charge is 2.39. The minimum Gasteiger partial charge on any atom is -0.380 e. The average Bonchev–Trinajstić information content (AvgIpc) is 2.44. The minimum atomic E-state index is -2.51. The van der Waals surface area contributed by atoms with Crippen molar-refractivity contribution < 1.29 is 18.0 Å². The zero-order valence-corrected chi connectivity index (χ0v) is 21.2. The number of hydrogen-bond acceptors (Lipinski definition) is 5. The molecule has 0 radical (unpaired) electrons. The van der Waals surface area contributed by atoms with Crippen molar-refractivity contribution in [1.29, 1.82) is 0 Å². The molecular weight excluding hydrogens is 366 g/mol. The standard InChI is InChI=1S/C17H43NO4Si3/c1-10-20-25(21-11-2,22-12-3)17-13-15-19-16-14-18(23(4,5)6)24(7,8)9/h10-17H2,1-9H3. The van der Waals surface area contributed by atoms with E-state index in [1.54, 1.807) is 0 Å². The lowest BCUT2D eigenvalue weighted by Gasteiger charge is -2.43. The Morgan fingerprint density at radius 1 is 0.680 bits per heavy atom. The highest BCUT2D eigenvalue weighted by molar-refractivity contribution is 6.89. The van der Waals surface area contributed by atoms with Crippen LogP contribution in [-0.4, -0.2) is 69.1 Å². The lowest BCUT2D eigenvalue weighted by atomic mass is 10.5. The molecule has 0 aliphatic heterocycles. The predicted octanol–water partition coefficient (Wildman–Crippen LogP) is 4.41. The van der Waals surface area contributed by atoms with Crippen molar-refractivity contribution in [3.63, 3.8) is 0 Å². The summed E-state index contributed by atoms with van der Waals surface area (Å²) in [4.78, 5) is 0. The van der Waals surface area contributed by atoms with Gasteiger partial charge in [-0.25, -0.2) is 0 Å². The lowest BCUT2D eigenvalue weighted by molar-refractivity contribution is 0.0658. The first-order chi connectivity index (χ1) is 11.5. The Morgan fingerprint density at radius 2 is 1.12 bits per heavy atom. The summed E-state index contributed by atoms with van der Waals surface area (Å²) < 4.78 is 26.4. The second kappa shape index (κ2) is 12.0. The smallest absolute Gasteiger partial charge is 0.380 e. The molecule has 0 spiro atoms. The van der Waals surface area contributed by atoms with E-state index in [2.05, 4.69) is 43.5 Å². The molecular formula is C17H43NO4Si3. The summed E-state index contributed by atoms with van der Waals surface area (Å²) in [5.41, 5.74) is 0. The zero-order valence-electron chi connectivity index (χ0n) is 18.2. The van der Waals surface area contributed by atoms with Crippen LogP contribution in [-0.2, 0) is 18.0 Å². The van der Waals surface area contributed by atoms with Gasteiger partial charge in [-0.1, -0.05) is 39.3 Å². The Morgan fingerprint density at radius 3 is 1.48 bits per heavy atom. The van der Waals surface area contributed by atoms with Crippen LogP contribution in [0.4, 0.5) is 0 Å². The Labute approximate surface area is 159 Å². The van der Waals surface area contributed by atoms with E-state index < -0.39 is 25.3 Å². The summed E-state index contributed by atoms with van der Waals surface area (Å²) in [7, 11) is -5.10. The molecule has 0 aliphatic rings. The normalized spacial score (nSPS) is 13.7. The first kappa shape index (κ1) is 25.5. The van der Waals surface area contributed by atoms with E-state index in [0.29, 0.717) is 19.8 Å². The fourth-order valence-corrected chi connectivity index (χ4v) is 15.5. The van der Waals surface area contributed by atoms with Crippen molar-refractivity contribution >= 4 is 25.3 Å². The molecule has 8 heteroatoms. The number of ether oxygens (including phenoxy) is 1. The topological polar surface area (TPSA) is 40.2 Å². The maximum atomic E-state index is 5.94. The molecule has 5 nitrogen and oxygen atoms in total. The predicted molar refractivity (Wildman–Crippen MR) is 114 cm³/mol. The van der Waals surface area contributed by atoms with E-state index in [4.69, 9.17) is 18.0 Å². The molecule has 0 bridgehead atoms. The Kier molecular flexibility index (Phi) is 12.2. The molecule has 0 atom stereocenters. The Balaban J connectivity index is 4.33. The van der Waals surface area contributed by atoms with Crippen LogP contribution in [0.25, 0.3) is 0 Å². The molecule has 152 valence electrons. The van der Waals surface area contributed by atoms with Gasteiger partial charge >= 0.3 is 8.80 Å². The molecule has 25 heavy (non-hydrogen) atoms. The van der Waals surface area contributed by atoms with E-state index in [1.807, 2.05) is 20.8 Å². The van der Waals surface area contributed by atoms with Gasteiger partial charge in [-0.05, 0) is 27.2 Å². The van der Waals surface area contributed by atoms with Crippen molar-refractivity contribution in [2.45, 2.75) is 72.5 Å². The highest BCUT2D eigenvalue weighted by Crippen LogP contribution is 2.20. The lowest BCUT2D eigenvalue weighted by Crippen LogP contribution is -2.59.